The van der Waals surface area contributed by atoms with Gasteiger partial charge in [-0.05, 0) is 24.3 Å². The smallest absolute Gasteiger partial charge is 0.240 e. The van der Waals surface area contributed by atoms with Gasteiger partial charge in [-0.1, -0.05) is 30.3 Å². The summed E-state index contributed by atoms with van der Waals surface area (Å²) >= 11 is 0. The molecular weight excluding hydrogens is 328 g/mol. The summed E-state index contributed by atoms with van der Waals surface area (Å²) in [5.41, 5.74) is 1.56. The van der Waals surface area contributed by atoms with Crippen molar-refractivity contribution in [1.82, 2.24) is 14.7 Å². The van der Waals surface area contributed by atoms with Crippen molar-refractivity contribution in [3.63, 3.8) is 0 Å². The highest BCUT2D eigenvalue weighted by Gasteiger charge is 2.14. The molecule has 0 aliphatic carbocycles. The third-order valence-electron chi connectivity index (χ3n) is 3.34. The van der Waals surface area contributed by atoms with Gasteiger partial charge in [0.25, 0.3) is 0 Å². The summed E-state index contributed by atoms with van der Waals surface area (Å²) in [5.74, 6) is 0.0111. The van der Waals surface area contributed by atoms with Crippen molar-refractivity contribution in [3.05, 3.63) is 54.6 Å². The molecule has 0 radical (unpaired) electrons. The third-order valence-corrected chi connectivity index (χ3v) is 4.82. The number of carbonyl (C=O) groups excluding carboxylic acids is 1. The molecule has 7 nitrogen and oxygen atoms in total. The van der Waals surface area contributed by atoms with E-state index < -0.39 is 10.0 Å². The van der Waals surface area contributed by atoms with E-state index in [-0.39, 0.29) is 23.8 Å². The average Bonchev–Trinajstić information content (AvgIpc) is 2.97. The second kappa shape index (κ2) is 6.81. The largest absolute Gasteiger partial charge is 0.324 e. The first-order valence-corrected chi connectivity index (χ1v) is 8.82. The molecule has 8 heteroatoms. The number of hydrogen-bond acceptors (Lipinski definition) is 4. The summed E-state index contributed by atoms with van der Waals surface area (Å²) in [6.45, 7) is 0.00326. The lowest BCUT2D eigenvalue weighted by Crippen LogP contribution is -2.28. The van der Waals surface area contributed by atoms with Gasteiger partial charge in [0, 0.05) is 13.0 Å². The van der Waals surface area contributed by atoms with Gasteiger partial charge in [0.05, 0.1) is 15.9 Å². The monoisotopic (exact) mass is 344 g/mol. The zero-order valence-corrected chi connectivity index (χ0v) is 13.5. The molecular formula is C16H16N4O3S. The molecule has 0 bridgehead atoms. The zero-order valence-electron chi connectivity index (χ0n) is 12.7. The van der Waals surface area contributed by atoms with Crippen LogP contribution >= 0.6 is 0 Å². The number of carbonyl (C=O) groups is 1. The van der Waals surface area contributed by atoms with Gasteiger partial charge in [-0.2, -0.15) is 0 Å². The van der Waals surface area contributed by atoms with E-state index in [4.69, 9.17) is 0 Å². The van der Waals surface area contributed by atoms with Gasteiger partial charge in [-0.3, -0.25) is 10.1 Å². The molecule has 0 fully saturated rings. The normalized spacial score (nSPS) is 11.5. The van der Waals surface area contributed by atoms with Crippen LogP contribution in [0.3, 0.4) is 0 Å². The van der Waals surface area contributed by atoms with Crippen molar-refractivity contribution in [1.29, 1.82) is 0 Å². The maximum atomic E-state index is 12.0. The number of sulfonamides is 1. The number of imidazole rings is 1. The van der Waals surface area contributed by atoms with Gasteiger partial charge in [-0.15, -0.1) is 0 Å². The molecule has 0 spiro atoms. The summed E-state index contributed by atoms with van der Waals surface area (Å²) in [5, 5.41) is 2.62. The Morgan fingerprint density at radius 1 is 1.04 bits per heavy atom. The fourth-order valence-corrected chi connectivity index (χ4v) is 3.24. The molecule has 0 aliphatic rings. The number of nitrogens with zero attached hydrogens (tertiary/aromatic N) is 1. The highest BCUT2D eigenvalue weighted by Crippen LogP contribution is 2.13. The number of para-hydroxylation sites is 2. The number of amides is 1. The second-order valence-corrected chi connectivity index (χ2v) is 6.88. The molecule has 1 aromatic heterocycles. The number of aromatic amines is 1. The Labute approximate surface area is 139 Å². The molecule has 0 saturated heterocycles. The van der Waals surface area contributed by atoms with Gasteiger partial charge >= 0.3 is 0 Å². The molecule has 1 amide bonds. The van der Waals surface area contributed by atoms with Crippen molar-refractivity contribution in [2.75, 3.05) is 11.9 Å². The molecule has 3 N–H and O–H groups in total. The fourth-order valence-electron chi connectivity index (χ4n) is 2.19. The number of H-pyrrole nitrogens is 1. The lowest BCUT2D eigenvalue weighted by molar-refractivity contribution is -0.116. The molecule has 124 valence electrons. The van der Waals surface area contributed by atoms with Crippen LogP contribution in [0.5, 0.6) is 0 Å². The highest BCUT2D eigenvalue weighted by atomic mass is 32.2. The number of fused-ring (bicyclic) bond motifs is 1. The summed E-state index contributed by atoms with van der Waals surface area (Å²) in [4.78, 5) is 19.3. The highest BCUT2D eigenvalue weighted by molar-refractivity contribution is 7.89. The molecule has 3 aromatic rings. The Hall–Kier alpha value is -2.71. The Kier molecular flexibility index (Phi) is 4.59. The average molecular weight is 344 g/mol. The van der Waals surface area contributed by atoms with Gasteiger partial charge in [-0.25, -0.2) is 18.1 Å². The van der Waals surface area contributed by atoms with Crippen LogP contribution in [0, 0.1) is 0 Å². The van der Waals surface area contributed by atoms with Crippen LogP contribution in [0.25, 0.3) is 11.0 Å². The quantitative estimate of drug-likeness (QED) is 0.635. The van der Waals surface area contributed by atoms with Crippen LogP contribution in [0.15, 0.2) is 59.5 Å². The number of nitrogens with one attached hydrogen (secondary N) is 3. The zero-order chi connectivity index (χ0) is 17.0. The van der Waals surface area contributed by atoms with E-state index in [1.807, 2.05) is 24.3 Å². The Morgan fingerprint density at radius 2 is 1.75 bits per heavy atom. The van der Waals surface area contributed by atoms with Crippen molar-refractivity contribution in [2.24, 2.45) is 0 Å². The van der Waals surface area contributed by atoms with E-state index in [1.54, 1.807) is 18.2 Å². The van der Waals surface area contributed by atoms with Crippen LogP contribution < -0.4 is 10.0 Å². The van der Waals surface area contributed by atoms with Crippen LogP contribution in [-0.2, 0) is 14.8 Å². The Bertz CT molecular complexity index is 919. The number of rotatable bonds is 6. The number of hydrogen-bond donors (Lipinski definition) is 3. The fraction of sp³-hybridized carbons (Fsp3) is 0.125. The Morgan fingerprint density at radius 3 is 2.50 bits per heavy atom. The van der Waals surface area contributed by atoms with E-state index in [1.165, 1.54) is 12.1 Å². The van der Waals surface area contributed by atoms with Crippen molar-refractivity contribution >= 4 is 32.9 Å². The molecule has 0 atom stereocenters. The maximum absolute atomic E-state index is 12.0. The molecule has 1 heterocycles. The maximum Gasteiger partial charge on any atom is 0.240 e. The Balaban J connectivity index is 1.54. The minimum atomic E-state index is -3.60. The van der Waals surface area contributed by atoms with Gasteiger partial charge in [0.1, 0.15) is 0 Å². The van der Waals surface area contributed by atoms with Gasteiger partial charge < -0.3 is 4.98 Å². The third kappa shape index (κ3) is 3.79. The number of anilines is 1. The molecule has 0 unspecified atom stereocenters. The minimum absolute atomic E-state index is 0.00308. The topological polar surface area (TPSA) is 104 Å². The first kappa shape index (κ1) is 16.2. The van der Waals surface area contributed by atoms with Crippen molar-refractivity contribution < 1.29 is 13.2 Å². The van der Waals surface area contributed by atoms with Crippen LogP contribution in [0.2, 0.25) is 0 Å². The van der Waals surface area contributed by atoms with Crippen LogP contribution in [0.4, 0.5) is 5.95 Å². The lowest BCUT2D eigenvalue weighted by Gasteiger charge is -2.06. The summed E-state index contributed by atoms with van der Waals surface area (Å²) < 4.78 is 26.5. The standard InChI is InChI=1S/C16H16N4O3S/c21-15(20-16-18-13-8-4-5-9-14(13)19-16)10-11-17-24(22,23)12-6-2-1-3-7-12/h1-9,17H,10-11H2,(H2,18,19,20,21). The molecule has 24 heavy (non-hydrogen) atoms. The number of benzene rings is 2. The van der Waals surface area contributed by atoms with Gasteiger partial charge in [0.15, 0.2) is 0 Å². The first-order chi connectivity index (χ1) is 11.5. The lowest BCUT2D eigenvalue weighted by atomic mass is 10.3. The SMILES string of the molecule is O=C(CCNS(=O)(=O)c1ccccc1)Nc1nc2ccccc2[nH]1. The number of aromatic nitrogens is 2. The van der Waals surface area contributed by atoms with Crippen LogP contribution in [-0.4, -0.2) is 30.8 Å². The summed E-state index contributed by atoms with van der Waals surface area (Å²) in [7, 11) is -3.60. The summed E-state index contributed by atoms with van der Waals surface area (Å²) in [6.07, 6.45) is 0.00308. The minimum Gasteiger partial charge on any atom is -0.324 e. The van der Waals surface area contributed by atoms with Crippen molar-refractivity contribution in [3.8, 4) is 0 Å². The summed E-state index contributed by atoms with van der Waals surface area (Å²) in [6, 6.07) is 15.4. The molecule has 0 aliphatic heterocycles. The molecule has 0 saturated carbocycles. The van der Waals surface area contributed by atoms with E-state index >= 15 is 0 Å². The predicted octanol–water partition coefficient (Wildman–Crippen LogP) is 1.87. The van der Waals surface area contributed by atoms with Crippen LogP contribution in [0.1, 0.15) is 6.42 Å². The first-order valence-electron chi connectivity index (χ1n) is 7.34. The van der Waals surface area contributed by atoms with Crippen molar-refractivity contribution in [2.45, 2.75) is 11.3 Å². The van der Waals surface area contributed by atoms with Gasteiger partial charge in [0.2, 0.25) is 21.9 Å². The predicted molar refractivity (Wildman–Crippen MR) is 91.0 cm³/mol. The second-order valence-electron chi connectivity index (χ2n) is 5.11. The molecule has 2 aromatic carbocycles. The van der Waals surface area contributed by atoms with E-state index in [0.29, 0.717) is 5.95 Å². The van der Waals surface area contributed by atoms with E-state index in [9.17, 15) is 13.2 Å². The molecule has 3 rings (SSSR count). The van der Waals surface area contributed by atoms with E-state index in [2.05, 4.69) is 20.0 Å². The van der Waals surface area contributed by atoms with E-state index in [0.717, 1.165) is 11.0 Å².